The van der Waals surface area contributed by atoms with Gasteiger partial charge in [-0.05, 0) is 56.8 Å². The third-order valence-electron chi connectivity index (χ3n) is 3.99. The largest absolute Gasteiger partial charge is 0.416 e. The summed E-state index contributed by atoms with van der Waals surface area (Å²) >= 11 is 0. The fourth-order valence-electron chi connectivity index (χ4n) is 2.64. The maximum atomic E-state index is 12.8. The molecule has 0 saturated heterocycles. The van der Waals surface area contributed by atoms with Crippen LogP contribution in [0.5, 0.6) is 0 Å². The highest BCUT2D eigenvalue weighted by Crippen LogP contribution is 2.33. The first-order valence-corrected chi connectivity index (χ1v) is 7.20. The number of fused-ring (bicyclic) bond motifs is 2. The second kappa shape index (κ2) is 4.73. The fourth-order valence-corrected chi connectivity index (χ4v) is 2.64. The molecule has 3 rings (SSSR count). The van der Waals surface area contributed by atoms with Crippen LogP contribution in [-0.4, -0.2) is 0 Å². The summed E-state index contributed by atoms with van der Waals surface area (Å²) in [4.78, 5) is 0. The molecule has 3 aromatic carbocycles. The van der Waals surface area contributed by atoms with Crippen LogP contribution in [0.15, 0.2) is 48.5 Å². The molecule has 0 saturated carbocycles. The molecule has 0 spiro atoms. The van der Waals surface area contributed by atoms with Gasteiger partial charge in [-0.1, -0.05) is 45.0 Å². The molecule has 0 bridgehead atoms. The molecule has 0 radical (unpaired) electrons. The molecule has 0 aliphatic carbocycles. The Labute approximate surface area is 127 Å². The van der Waals surface area contributed by atoms with E-state index in [1.54, 1.807) is 6.07 Å². The third kappa shape index (κ3) is 2.68. The van der Waals surface area contributed by atoms with Crippen molar-refractivity contribution >= 4 is 21.5 Å². The molecule has 0 fully saturated rings. The Morgan fingerprint density at radius 3 is 1.50 bits per heavy atom. The molecule has 0 unspecified atom stereocenters. The summed E-state index contributed by atoms with van der Waals surface area (Å²) in [7, 11) is 0. The van der Waals surface area contributed by atoms with Gasteiger partial charge in [-0.3, -0.25) is 0 Å². The highest BCUT2D eigenvalue weighted by Gasteiger charge is 2.30. The van der Waals surface area contributed by atoms with Crippen molar-refractivity contribution in [3.63, 3.8) is 0 Å². The molecular weight excluding hydrogens is 285 g/mol. The predicted octanol–water partition coefficient (Wildman–Crippen LogP) is 6.31. The minimum Gasteiger partial charge on any atom is -0.166 e. The summed E-state index contributed by atoms with van der Waals surface area (Å²) in [6.07, 6.45) is -4.31. The summed E-state index contributed by atoms with van der Waals surface area (Å²) in [5.41, 5.74) is 0.653. The van der Waals surface area contributed by atoms with Crippen LogP contribution in [0.25, 0.3) is 21.5 Å². The van der Waals surface area contributed by atoms with Crippen molar-refractivity contribution < 1.29 is 13.2 Å². The zero-order chi connectivity index (χ0) is 16.1. The molecular formula is C19H17F3. The fraction of sp³-hybridized carbons (Fsp3) is 0.263. The van der Waals surface area contributed by atoms with Gasteiger partial charge in [0.15, 0.2) is 0 Å². The highest BCUT2D eigenvalue weighted by atomic mass is 19.4. The van der Waals surface area contributed by atoms with E-state index in [9.17, 15) is 13.2 Å². The van der Waals surface area contributed by atoms with Crippen LogP contribution >= 0.6 is 0 Å². The van der Waals surface area contributed by atoms with E-state index in [-0.39, 0.29) is 5.41 Å². The molecule has 0 nitrogen and oxygen atoms in total. The lowest BCUT2D eigenvalue weighted by molar-refractivity contribution is -0.137. The van der Waals surface area contributed by atoms with E-state index in [0.717, 1.165) is 22.2 Å². The minimum absolute atomic E-state index is 0.0449. The van der Waals surface area contributed by atoms with Crippen molar-refractivity contribution in [1.29, 1.82) is 0 Å². The number of benzene rings is 3. The van der Waals surface area contributed by atoms with Crippen molar-refractivity contribution in [2.75, 3.05) is 0 Å². The maximum Gasteiger partial charge on any atom is 0.416 e. The van der Waals surface area contributed by atoms with Crippen LogP contribution in [-0.2, 0) is 11.6 Å². The topological polar surface area (TPSA) is 0 Å². The van der Waals surface area contributed by atoms with Gasteiger partial charge in [0.1, 0.15) is 0 Å². The monoisotopic (exact) mass is 302 g/mol. The van der Waals surface area contributed by atoms with Crippen LogP contribution in [0.1, 0.15) is 31.9 Å². The molecule has 114 valence electrons. The van der Waals surface area contributed by atoms with Crippen molar-refractivity contribution in [3.05, 3.63) is 59.7 Å². The molecule has 0 N–H and O–H groups in total. The summed E-state index contributed by atoms with van der Waals surface area (Å²) < 4.78 is 38.4. The average Bonchev–Trinajstić information content (AvgIpc) is 2.41. The number of alkyl halides is 3. The summed E-state index contributed by atoms with van der Waals surface area (Å²) in [6.45, 7) is 6.43. The van der Waals surface area contributed by atoms with Gasteiger partial charge in [0.2, 0.25) is 0 Å². The standard InChI is InChI=1S/C19H17F3/c1-18(2,3)16-6-4-12-9-15-11-17(19(20,21)22)7-5-13(15)8-14(12)10-16/h4-11H,1-3H3. The number of rotatable bonds is 0. The Morgan fingerprint density at radius 2 is 1.05 bits per heavy atom. The van der Waals surface area contributed by atoms with Gasteiger partial charge in [-0.15, -0.1) is 0 Å². The van der Waals surface area contributed by atoms with Crippen molar-refractivity contribution in [2.24, 2.45) is 0 Å². The summed E-state index contributed by atoms with van der Waals surface area (Å²) in [5.74, 6) is 0. The molecule has 0 aromatic heterocycles. The average molecular weight is 302 g/mol. The number of halogens is 3. The predicted molar refractivity (Wildman–Crippen MR) is 85.2 cm³/mol. The Kier molecular flexibility index (Phi) is 3.20. The van der Waals surface area contributed by atoms with E-state index in [2.05, 4.69) is 26.8 Å². The van der Waals surface area contributed by atoms with Gasteiger partial charge < -0.3 is 0 Å². The highest BCUT2D eigenvalue weighted by molar-refractivity contribution is 5.98. The van der Waals surface area contributed by atoms with Crippen LogP contribution in [0.4, 0.5) is 13.2 Å². The normalized spacial score (nSPS) is 13.0. The van der Waals surface area contributed by atoms with E-state index in [1.165, 1.54) is 11.6 Å². The van der Waals surface area contributed by atoms with Gasteiger partial charge in [-0.2, -0.15) is 13.2 Å². The SMILES string of the molecule is CC(C)(C)c1ccc2cc3cc(C(F)(F)F)ccc3cc2c1. The summed E-state index contributed by atoms with van der Waals surface area (Å²) in [6, 6.07) is 13.8. The second-order valence-electron chi connectivity index (χ2n) is 6.72. The van der Waals surface area contributed by atoms with Gasteiger partial charge in [0.05, 0.1) is 5.56 Å². The molecule has 0 aliphatic heterocycles. The smallest absolute Gasteiger partial charge is 0.166 e. The van der Waals surface area contributed by atoms with Gasteiger partial charge >= 0.3 is 6.18 Å². The molecule has 0 amide bonds. The molecule has 22 heavy (non-hydrogen) atoms. The molecule has 0 aliphatic rings. The Morgan fingerprint density at radius 1 is 0.591 bits per heavy atom. The second-order valence-corrected chi connectivity index (χ2v) is 6.72. The molecule has 3 aromatic rings. The lowest BCUT2D eigenvalue weighted by Crippen LogP contribution is -2.10. The van der Waals surface area contributed by atoms with E-state index in [1.807, 2.05) is 24.3 Å². The zero-order valence-electron chi connectivity index (χ0n) is 12.8. The van der Waals surface area contributed by atoms with E-state index < -0.39 is 11.7 Å². The van der Waals surface area contributed by atoms with Crippen molar-refractivity contribution in [2.45, 2.75) is 32.4 Å². The molecule has 0 heterocycles. The quantitative estimate of drug-likeness (QED) is 0.427. The first-order valence-electron chi connectivity index (χ1n) is 7.20. The van der Waals surface area contributed by atoms with E-state index >= 15 is 0 Å². The zero-order valence-corrected chi connectivity index (χ0v) is 12.8. The Bertz CT molecular complexity index is 779. The first-order chi connectivity index (χ1) is 10.1. The van der Waals surface area contributed by atoms with E-state index in [0.29, 0.717) is 5.39 Å². The lowest BCUT2D eigenvalue weighted by atomic mass is 9.85. The van der Waals surface area contributed by atoms with Gasteiger partial charge in [0.25, 0.3) is 0 Å². The Balaban J connectivity index is 2.22. The van der Waals surface area contributed by atoms with Crippen LogP contribution in [0.3, 0.4) is 0 Å². The van der Waals surface area contributed by atoms with Crippen molar-refractivity contribution in [3.8, 4) is 0 Å². The molecule has 3 heteroatoms. The van der Waals surface area contributed by atoms with Crippen LogP contribution < -0.4 is 0 Å². The van der Waals surface area contributed by atoms with E-state index in [4.69, 9.17) is 0 Å². The third-order valence-corrected chi connectivity index (χ3v) is 3.99. The van der Waals surface area contributed by atoms with Crippen molar-refractivity contribution in [1.82, 2.24) is 0 Å². The lowest BCUT2D eigenvalue weighted by Gasteiger charge is -2.19. The van der Waals surface area contributed by atoms with Crippen LogP contribution in [0, 0.1) is 0 Å². The van der Waals surface area contributed by atoms with Gasteiger partial charge in [-0.25, -0.2) is 0 Å². The van der Waals surface area contributed by atoms with Gasteiger partial charge in [0, 0.05) is 0 Å². The maximum absolute atomic E-state index is 12.8. The molecule has 0 atom stereocenters. The number of hydrogen-bond donors (Lipinski definition) is 0. The number of hydrogen-bond acceptors (Lipinski definition) is 0. The first kappa shape index (κ1) is 14.9. The Hall–Kier alpha value is -2.03. The minimum atomic E-state index is -4.31. The van der Waals surface area contributed by atoms with Crippen LogP contribution in [0.2, 0.25) is 0 Å². The summed E-state index contributed by atoms with van der Waals surface area (Å²) in [5, 5.41) is 3.46.